The zero-order valence-corrected chi connectivity index (χ0v) is 29.0. The van der Waals surface area contributed by atoms with E-state index in [1.165, 1.54) is 25.3 Å². The molecule has 1 heterocycles. The van der Waals surface area contributed by atoms with Crippen molar-refractivity contribution in [2.75, 3.05) is 46.4 Å². The highest BCUT2D eigenvalue weighted by atomic mass is 16.7. The molecule has 1 atom stereocenters. The van der Waals surface area contributed by atoms with E-state index in [0.29, 0.717) is 54.4 Å². The van der Waals surface area contributed by atoms with Crippen LogP contribution in [0.25, 0.3) is 0 Å². The summed E-state index contributed by atoms with van der Waals surface area (Å²) in [6.07, 6.45) is 12.4. The second-order valence-corrected chi connectivity index (χ2v) is 12.0. The Morgan fingerprint density at radius 2 is 1.10 bits per heavy atom. The maximum Gasteiger partial charge on any atom is 0.343 e. The molecule has 0 bridgehead atoms. The van der Waals surface area contributed by atoms with Crippen molar-refractivity contribution < 1.29 is 42.7 Å². The predicted molar refractivity (Wildman–Crippen MR) is 191 cm³/mol. The van der Waals surface area contributed by atoms with Crippen LogP contribution in [0.1, 0.15) is 74.6 Å². The molecule has 1 saturated heterocycles. The molecule has 4 rings (SSSR count). The summed E-state index contributed by atoms with van der Waals surface area (Å²) in [5.74, 6) is 2.57. The van der Waals surface area contributed by atoms with Crippen molar-refractivity contribution in [3.05, 3.63) is 91.0 Å². The summed E-state index contributed by atoms with van der Waals surface area (Å²) in [6, 6.07) is 21.2. The maximum atomic E-state index is 12.6. The molecule has 270 valence electrons. The molecule has 1 N–H and O–H groups in total. The molecular formula is C40H51NO9. The van der Waals surface area contributed by atoms with Crippen molar-refractivity contribution in [1.29, 1.82) is 0 Å². The summed E-state index contributed by atoms with van der Waals surface area (Å²) in [5.41, 5.74) is 0.424. The number of rotatable bonds is 27. The summed E-state index contributed by atoms with van der Waals surface area (Å²) in [6.45, 7) is 7.84. The second-order valence-electron chi connectivity index (χ2n) is 12.0. The molecule has 50 heavy (non-hydrogen) atoms. The first-order valence-electron chi connectivity index (χ1n) is 17.7. The number of hydrogen-bond donors (Lipinski definition) is 1. The fourth-order valence-electron chi connectivity index (χ4n) is 4.89. The van der Waals surface area contributed by atoms with Gasteiger partial charge in [-0.15, -0.1) is 0 Å². The molecule has 0 saturated carbocycles. The van der Waals surface area contributed by atoms with Crippen LogP contribution >= 0.6 is 0 Å². The normalized spacial score (nSPS) is 13.2. The Labute approximate surface area is 296 Å². The highest BCUT2D eigenvalue weighted by Gasteiger charge is 2.21. The number of hydrogen-bond acceptors (Lipinski definition) is 9. The predicted octanol–water partition coefficient (Wildman–Crippen LogP) is 7.70. The van der Waals surface area contributed by atoms with E-state index in [4.69, 9.17) is 33.2 Å². The van der Waals surface area contributed by atoms with E-state index in [1.54, 1.807) is 48.5 Å². The molecule has 1 fully saturated rings. The molecule has 10 heteroatoms. The van der Waals surface area contributed by atoms with Gasteiger partial charge in [0.1, 0.15) is 34.9 Å². The van der Waals surface area contributed by atoms with Crippen LogP contribution in [0, 0.1) is 0 Å². The number of amides is 1. The van der Waals surface area contributed by atoms with Gasteiger partial charge < -0.3 is 38.5 Å². The molecule has 10 nitrogen and oxygen atoms in total. The summed E-state index contributed by atoms with van der Waals surface area (Å²) < 4.78 is 39.2. The molecule has 1 amide bonds. The van der Waals surface area contributed by atoms with Gasteiger partial charge in [0.05, 0.1) is 32.0 Å². The summed E-state index contributed by atoms with van der Waals surface area (Å²) in [5, 5.41) is 2.77. The van der Waals surface area contributed by atoms with Crippen LogP contribution < -0.4 is 29.0 Å². The number of benzene rings is 3. The lowest BCUT2D eigenvalue weighted by molar-refractivity contribution is -0.116. The molecule has 0 spiro atoms. The molecule has 1 unspecified atom stereocenters. The molecule has 0 aliphatic carbocycles. The van der Waals surface area contributed by atoms with Crippen molar-refractivity contribution in [1.82, 2.24) is 5.32 Å². The standard InChI is InChI=1S/C40H51NO9/c1-2-39(42)41-25-9-5-8-12-28-45-33-15-13-32(14-16-33)40(43)50-37-23-21-36(22-24-37)49-31-48-35-19-17-34(18-20-35)46-27-11-7-4-3-6-10-26-44-29-38-30-47-38/h2,13-24,38H,1,3-12,25-31H2,(H,41,42). The largest absolute Gasteiger partial charge is 0.494 e. The maximum absolute atomic E-state index is 12.6. The van der Waals surface area contributed by atoms with Gasteiger partial charge in [-0.25, -0.2) is 4.79 Å². The minimum atomic E-state index is -0.461. The first kappa shape index (κ1) is 38.3. The Kier molecular flexibility index (Phi) is 17.6. The first-order valence-corrected chi connectivity index (χ1v) is 17.7. The van der Waals surface area contributed by atoms with E-state index in [1.807, 2.05) is 24.3 Å². The number of nitrogens with one attached hydrogen (secondary N) is 1. The summed E-state index contributed by atoms with van der Waals surface area (Å²) in [4.78, 5) is 23.7. The van der Waals surface area contributed by atoms with Crippen LogP contribution in [0.15, 0.2) is 85.5 Å². The monoisotopic (exact) mass is 689 g/mol. The van der Waals surface area contributed by atoms with E-state index in [0.717, 1.165) is 70.5 Å². The third-order valence-corrected chi connectivity index (χ3v) is 7.88. The van der Waals surface area contributed by atoms with E-state index in [2.05, 4.69) is 11.9 Å². The average Bonchev–Trinajstić information content (AvgIpc) is 3.98. The average molecular weight is 690 g/mol. The lowest BCUT2D eigenvalue weighted by Gasteiger charge is -2.11. The zero-order valence-electron chi connectivity index (χ0n) is 29.0. The number of carbonyl (C=O) groups is 2. The molecule has 1 aliphatic heterocycles. The van der Waals surface area contributed by atoms with Gasteiger partial charge in [0.25, 0.3) is 0 Å². The minimum absolute atomic E-state index is 0.0323. The van der Waals surface area contributed by atoms with Gasteiger partial charge in [-0.1, -0.05) is 45.1 Å². The van der Waals surface area contributed by atoms with Crippen LogP contribution in [0.5, 0.6) is 28.7 Å². The molecular weight excluding hydrogens is 638 g/mol. The zero-order chi connectivity index (χ0) is 35.1. The van der Waals surface area contributed by atoms with Crippen LogP contribution in [0.4, 0.5) is 0 Å². The lowest BCUT2D eigenvalue weighted by atomic mass is 10.1. The van der Waals surface area contributed by atoms with E-state index in [9.17, 15) is 9.59 Å². The number of esters is 1. The third-order valence-electron chi connectivity index (χ3n) is 7.88. The van der Waals surface area contributed by atoms with Gasteiger partial charge in [-0.3, -0.25) is 4.79 Å². The van der Waals surface area contributed by atoms with Gasteiger partial charge in [-0.2, -0.15) is 0 Å². The van der Waals surface area contributed by atoms with Crippen molar-refractivity contribution >= 4 is 11.9 Å². The van der Waals surface area contributed by atoms with Crippen LogP contribution in [0.2, 0.25) is 0 Å². The SMILES string of the molecule is C=CC(=O)NCCCCCCOc1ccc(C(=O)Oc2ccc(OCOc3ccc(OCCCCCCCCOCC4CO4)cc3)cc2)cc1. The highest BCUT2D eigenvalue weighted by Crippen LogP contribution is 2.22. The number of ether oxygens (including phenoxy) is 7. The molecule has 0 aromatic heterocycles. The van der Waals surface area contributed by atoms with Crippen molar-refractivity contribution in [2.24, 2.45) is 0 Å². The van der Waals surface area contributed by atoms with Gasteiger partial charge in [-0.05, 0) is 105 Å². The van der Waals surface area contributed by atoms with Gasteiger partial charge in [0.2, 0.25) is 12.7 Å². The Morgan fingerprint density at radius 1 is 0.640 bits per heavy atom. The van der Waals surface area contributed by atoms with E-state index in [-0.39, 0.29) is 12.7 Å². The number of unbranched alkanes of at least 4 members (excludes halogenated alkanes) is 8. The molecule has 3 aromatic rings. The van der Waals surface area contributed by atoms with Crippen molar-refractivity contribution in [3.63, 3.8) is 0 Å². The van der Waals surface area contributed by atoms with Gasteiger partial charge in [0, 0.05) is 13.2 Å². The van der Waals surface area contributed by atoms with Crippen LogP contribution in [0.3, 0.4) is 0 Å². The van der Waals surface area contributed by atoms with E-state index >= 15 is 0 Å². The van der Waals surface area contributed by atoms with Crippen molar-refractivity contribution in [2.45, 2.75) is 70.3 Å². The highest BCUT2D eigenvalue weighted by molar-refractivity contribution is 5.91. The lowest BCUT2D eigenvalue weighted by Crippen LogP contribution is -2.21. The smallest absolute Gasteiger partial charge is 0.343 e. The Hall–Kier alpha value is -4.54. The fraction of sp³-hybridized carbons (Fsp3) is 0.450. The number of epoxide rings is 1. The Morgan fingerprint density at radius 3 is 1.64 bits per heavy atom. The van der Waals surface area contributed by atoms with Crippen LogP contribution in [-0.2, 0) is 14.3 Å². The topological polar surface area (TPSA) is 114 Å². The van der Waals surface area contributed by atoms with E-state index < -0.39 is 5.97 Å². The summed E-state index contributed by atoms with van der Waals surface area (Å²) in [7, 11) is 0. The first-order chi connectivity index (χ1) is 24.6. The Balaban J connectivity index is 1.01. The van der Waals surface area contributed by atoms with Crippen LogP contribution in [-0.4, -0.2) is 64.4 Å². The number of carbonyl (C=O) groups excluding carboxylic acids is 2. The van der Waals surface area contributed by atoms with Gasteiger partial charge >= 0.3 is 5.97 Å². The fourth-order valence-corrected chi connectivity index (χ4v) is 4.89. The molecule has 3 aromatic carbocycles. The molecule has 1 aliphatic rings. The van der Waals surface area contributed by atoms with Gasteiger partial charge in [0.15, 0.2) is 0 Å². The third kappa shape index (κ3) is 16.2. The minimum Gasteiger partial charge on any atom is -0.494 e. The quantitative estimate of drug-likeness (QED) is 0.0215. The second kappa shape index (κ2) is 23.0. The molecule has 0 radical (unpaired) electrons. The Bertz CT molecular complexity index is 1390. The van der Waals surface area contributed by atoms with Crippen molar-refractivity contribution in [3.8, 4) is 28.7 Å². The summed E-state index contributed by atoms with van der Waals surface area (Å²) >= 11 is 0.